The molecule has 0 aromatic heterocycles. The summed E-state index contributed by atoms with van der Waals surface area (Å²) in [5, 5.41) is 10.2. The molecule has 35 heavy (non-hydrogen) atoms. The minimum Gasteiger partial charge on any atom is -0.508 e. The van der Waals surface area contributed by atoms with Gasteiger partial charge in [0.25, 0.3) is 0 Å². The predicted molar refractivity (Wildman–Crippen MR) is 133 cm³/mol. The van der Waals surface area contributed by atoms with Crippen LogP contribution in [-0.4, -0.2) is 24.3 Å². The molecule has 0 bridgehead atoms. The van der Waals surface area contributed by atoms with Gasteiger partial charge in [0.1, 0.15) is 23.9 Å². The molecule has 4 aromatic rings. The smallest absolute Gasteiger partial charge is 0.344 e. The molecule has 5 heteroatoms. The summed E-state index contributed by atoms with van der Waals surface area (Å²) in [5.74, 6) is 1.24. The zero-order valence-electron chi connectivity index (χ0n) is 19.2. The van der Waals surface area contributed by atoms with Gasteiger partial charge in [0.15, 0.2) is 6.61 Å². The van der Waals surface area contributed by atoms with Gasteiger partial charge in [0.05, 0.1) is 6.61 Å². The van der Waals surface area contributed by atoms with E-state index in [0.29, 0.717) is 12.4 Å². The van der Waals surface area contributed by atoms with Crippen LogP contribution in [0, 0.1) is 0 Å². The van der Waals surface area contributed by atoms with E-state index in [0.717, 1.165) is 22.4 Å². The number of hydrogen-bond acceptors (Lipinski definition) is 5. The van der Waals surface area contributed by atoms with Crippen LogP contribution in [0.25, 0.3) is 0 Å². The Hall–Kier alpha value is -4.25. The Morgan fingerprint density at radius 2 is 1.57 bits per heavy atom. The fraction of sp³-hybridized carbons (Fsp3) is 0.167. The fourth-order valence-electron chi connectivity index (χ4n) is 4.50. The van der Waals surface area contributed by atoms with E-state index in [-0.39, 0.29) is 30.8 Å². The number of hydrogen-bond donors (Lipinski definition) is 1. The number of benzene rings is 4. The van der Waals surface area contributed by atoms with E-state index in [4.69, 9.17) is 14.2 Å². The van der Waals surface area contributed by atoms with Crippen molar-refractivity contribution in [1.29, 1.82) is 0 Å². The Morgan fingerprint density at radius 3 is 2.31 bits per heavy atom. The number of aromatic hydroxyl groups is 1. The van der Waals surface area contributed by atoms with Gasteiger partial charge < -0.3 is 19.3 Å². The van der Waals surface area contributed by atoms with Gasteiger partial charge in [-0.3, -0.25) is 0 Å². The minimum absolute atomic E-state index is 0.00172. The van der Waals surface area contributed by atoms with Gasteiger partial charge in [-0.15, -0.1) is 0 Å². The summed E-state index contributed by atoms with van der Waals surface area (Å²) in [4.78, 5) is 12.1. The SMILES string of the molecule is O=C(COc1ccc(C2c3cc(O)ccc3OCC2c2ccccc2)cc1)OCc1ccccc1. The lowest BCUT2D eigenvalue weighted by molar-refractivity contribution is -0.147. The Kier molecular flexibility index (Phi) is 6.66. The summed E-state index contributed by atoms with van der Waals surface area (Å²) in [6.07, 6.45) is 0. The van der Waals surface area contributed by atoms with Gasteiger partial charge in [-0.25, -0.2) is 4.79 Å². The number of ether oxygens (including phenoxy) is 3. The van der Waals surface area contributed by atoms with Gasteiger partial charge in [-0.05, 0) is 47.0 Å². The first-order valence-corrected chi connectivity index (χ1v) is 11.6. The number of phenolic OH excluding ortho intramolecular Hbond substituents is 1. The highest BCUT2D eigenvalue weighted by molar-refractivity contribution is 5.71. The summed E-state index contributed by atoms with van der Waals surface area (Å²) in [7, 11) is 0. The molecular formula is C30H26O5. The maximum Gasteiger partial charge on any atom is 0.344 e. The third kappa shape index (κ3) is 5.30. The molecule has 0 amide bonds. The zero-order valence-corrected chi connectivity index (χ0v) is 19.2. The van der Waals surface area contributed by atoms with Crippen LogP contribution in [-0.2, 0) is 16.1 Å². The normalized spacial score (nSPS) is 16.6. The van der Waals surface area contributed by atoms with E-state index in [1.807, 2.05) is 78.9 Å². The lowest BCUT2D eigenvalue weighted by Gasteiger charge is -2.34. The zero-order chi connectivity index (χ0) is 24.0. The van der Waals surface area contributed by atoms with Gasteiger partial charge >= 0.3 is 5.97 Å². The molecule has 0 aliphatic carbocycles. The van der Waals surface area contributed by atoms with Crippen LogP contribution in [0.3, 0.4) is 0 Å². The molecule has 0 fully saturated rings. The lowest BCUT2D eigenvalue weighted by Crippen LogP contribution is -2.25. The van der Waals surface area contributed by atoms with Crippen molar-refractivity contribution in [1.82, 2.24) is 0 Å². The monoisotopic (exact) mass is 466 g/mol. The summed E-state index contributed by atoms with van der Waals surface area (Å²) in [6, 6.07) is 32.8. The largest absolute Gasteiger partial charge is 0.508 e. The maximum atomic E-state index is 12.1. The molecular weight excluding hydrogens is 440 g/mol. The Bertz CT molecular complexity index is 1270. The second-order valence-corrected chi connectivity index (χ2v) is 8.53. The summed E-state index contributed by atoms with van der Waals surface area (Å²) >= 11 is 0. The minimum atomic E-state index is -0.420. The highest BCUT2D eigenvalue weighted by Gasteiger charge is 2.33. The fourth-order valence-corrected chi connectivity index (χ4v) is 4.50. The summed E-state index contributed by atoms with van der Waals surface area (Å²) in [5.41, 5.74) is 4.13. The van der Waals surface area contributed by atoms with Crippen molar-refractivity contribution in [2.45, 2.75) is 18.4 Å². The van der Waals surface area contributed by atoms with Crippen molar-refractivity contribution >= 4 is 5.97 Å². The molecule has 2 unspecified atom stereocenters. The highest BCUT2D eigenvalue weighted by Crippen LogP contribution is 2.47. The van der Waals surface area contributed by atoms with E-state index in [9.17, 15) is 9.90 Å². The van der Waals surface area contributed by atoms with E-state index in [2.05, 4.69) is 12.1 Å². The van der Waals surface area contributed by atoms with Crippen LogP contribution in [0.2, 0.25) is 0 Å². The van der Waals surface area contributed by atoms with Crippen molar-refractivity contribution in [2.24, 2.45) is 0 Å². The van der Waals surface area contributed by atoms with Crippen molar-refractivity contribution in [3.63, 3.8) is 0 Å². The topological polar surface area (TPSA) is 65.0 Å². The molecule has 0 radical (unpaired) electrons. The van der Waals surface area contributed by atoms with Crippen LogP contribution >= 0.6 is 0 Å². The molecule has 1 N–H and O–H groups in total. The summed E-state index contributed by atoms with van der Waals surface area (Å²) < 4.78 is 17.0. The van der Waals surface area contributed by atoms with Gasteiger partial charge in [-0.2, -0.15) is 0 Å². The summed E-state index contributed by atoms with van der Waals surface area (Å²) in [6.45, 7) is 0.601. The van der Waals surface area contributed by atoms with E-state index in [1.165, 1.54) is 5.56 Å². The first kappa shape index (κ1) is 22.5. The first-order chi connectivity index (χ1) is 17.2. The molecule has 5 rings (SSSR count). The van der Waals surface area contributed by atoms with Gasteiger partial charge in [0.2, 0.25) is 0 Å². The molecule has 1 aliphatic heterocycles. The second-order valence-electron chi connectivity index (χ2n) is 8.53. The standard InChI is InChI=1S/C30H26O5/c31-24-13-16-28-26(17-24)30(27(19-34-28)22-9-5-2-6-10-22)23-11-14-25(15-12-23)33-20-29(32)35-18-21-7-3-1-4-8-21/h1-17,27,30-31H,18-20H2. The number of fused-ring (bicyclic) bond motifs is 1. The lowest BCUT2D eigenvalue weighted by atomic mass is 9.76. The van der Waals surface area contributed by atoms with Crippen LogP contribution in [0.15, 0.2) is 103 Å². The third-order valence-corrected chi connectivity index (χ3v) is 6.22. The Labute approximate surface area is 204 Å². The number of esters is 1. The van der Waals surface area contributed by atoms with Crippen molar-refractivity contribution in [2.75, 3.05) is 13.2 Å². The predicted octanol–water partition coefficient (Wildman–Crippen LogP) is 5.82. The molecule has 176 valence electrons. The van der Waals surface area contributed by atoms with Crippen molar-refractivity contribution in [3.8, 4) is 17.2 Å². The van der Waals surface area contributed by atoms with Crippen molar-refractivity contribution in [3.05, 3.63) is 125 Å². The van der Waals surface area contributed by atoms with E-state index >= 15 is 0 Å². The van der Waals surface area contributed by atoms with E-state index < -0.39 is 5.97 Å². The highest BCUT2D eigenvalue weighted by atomic mass is 16.6. The third-order valence-electron chi connectivity index (χ3n) is 6.22. The molecule has 2 atom stereocenters. The second kappa shape index (κ2) is 10.3. The van der Waals surface area contributed by atoms with Crippen LogP contribution < -0.4 is 9.47 Å². The number of carbonyl (C=O) groups is 1. The van der Waals surface area contributed by atoms with Gasteiger partial charge in [0, 0.05) is 17.4 Å². The van der Waals surface area contributed by atoms with Crippen LogP contribution in [0.5, 0.6) is 17.2 Å². The number of rotatable bonds is 7. The average molecular weight is 467 g/mol. The van der Waals surface area contributed by atoms with Crippen molar-refractivity contribution < 1.29 is 24.1 Å². The Balaban J connectivity index is 1.31. The quantitative estimate of drug-likeness (QED) is 0.348. The first-order valence-electron chi connectivity index (χ1n) is 11.6. The average Bonchev–Trinajstić information content (AvgIpc) is 2.91. The van der Waals surface area contributed by atoms with Gasteiger partial charge in [-0.1, -0.05) is 72.8 Å². The van der Waals surface area contributed by atoms with Crippen LogP contribution in [0.4, 0.5) is 0 Å². The molecule has 1 heterocycles. The Morgan fingerprint density at radius 1 is 0.857 bits per heavy atom. The molecule has 0 spiro atoms. The number of carbonyl (C=O) groups excluding carboxylic acids is 1. The molecule has 0 saturated carbocycles. The molecule has 1 aliphatic rings. The number of phenols is 1. The molecule has 0 saturated heterocycles. The maximum absolute atomic E-state index is 12.1. The van der Waals surface area contributed by atoms with Crippen LogP contribution in [0.1, 0.15) is 34.1 Å². The molecule has 5 nitrogen and oxygen atoms in total. The van der Waals surface area contributed by atoms with E-state index in [1.54, 1.807) is 12.1 Å². The molecule has 4 aromatic carbocycles.